The van der Waals surface area contributed by atoms with Crippen LogP contribution in [0.4, 0.5) is 0 Å². The molecule has 0 N–H and O–H groups in total. The van der Waals surface area contributed by atoms with Crippen LogP contribution in [-0.2, 0) is 0 Å². The lowest BCUT2D eigenvalue weighted by atomic mass is 10.2. The quantitative estimate of drug-likeness (QED) is 0.770. The van der Waals surface area contributed by atoms with E-state index in [4.69, 9.17) is 4.74 Å². The fraction of sp³-hybridized carbons (Fsp3) is 0.375. The molecule has 112 valence electrons. The molecular weight excluding hydrogens is 284 g/mol. The highest BCUT2D eigenvalue weighted by Crippen LogP contribution is 2.23. The second-order valence-corrected chi connectivity index (χ2v) is 5.52. The molecule has 0 spiro atoms. The highest BCUT2D eigenvalue weighted by molar-refractivity contribution is 7.11. The first-order valence-corrected chi connectivity index (χ1v) is 8.09. The third-order valence-electron chi connectivity index (χ3n) is 3.17. The lowest BCUT2D eigenvalue weighted by Crippen LogP contribution is -2.31. The van der Waals surface area contributed by atoms with Gasteiger partial charge in [-0.15, -0.1) is 0 Å². The third kappa shape index (κ3) is 4.29. The van der Waals surface area contributed by atoms with Crippen LogP contribution in [0.1, 0.15) is 37.0 Å². The molecule has 0 fully saturated rings. The van der Waals surface area contributed by atoms with Gasteiger partial charge in [-0.3, -0.25) is 4.79 Å². The van der Waals surface area contributed by atoms with Crippen molar-refractivity contribution in [1.29, 1.82) is 0 Å². The molecule has 5 heteroatoms. The van der Waals surface area contributed by atoms with Crippen molar-refractivity contribution in [2.75, 3.05) is 13.1 Å². The Bertz CT molecular complexity index is 552. The number of carbonyl (C=O) groups is 1. The van der Waals surface area contributed by atoms with Gasteiger partial charge in [0, 0.05) is 30.2 Å². The summed E-state index contributed by atoms with van der Waals surface area (Å²) >= 11 is 1.44. The maximum atomic E-state index is 12.4. The molecule has 0 unspecified atom stereocenters. The van der Waals surface area contributed by atoms with Gasteiger partial charge in [0.05, 0.1) is 0 Å². The number of aromatic nitrogens is 1. The maximum Gasteiger partial charge on any atom is 0.278 e. The number of unbranched alkanes of at least 4 members (excludes halogenated alkanes) is 1. The van der Waals surface area contributed by atoms with E-state index < -0.39 is 0 Å². The highest BCUT2D eigenvalue weighted by Gasteiger charge is 2.13. The number of hydrogen-bond acceptors (Lipinski definition) is 4. The molecule has 0 saturated heterocycles. The average Bonchev–Trinajstić information content (AvgIpc) is 3.01. The molecule has 21 heavy (non-hydrogen) atoms. The maximum absolute atomic E-state index is 12.4. The van der Waals surface area contributed by atoms with Gasteiger partial charge in [0.2, 0.25) is 0 Å². The third-order valence-corrected chi connectivity index (χ3v) is 3.81. The van der Waals surface area contributed by atoms with Crippen molar-refractivity contribution in [3.05, 3.63) is 41.4 Å². The second kappa shape index (κ2) is 7.78. The molecular formula is C16H20N2O2S. The standard InChI is InChI=1S/C16H20N2O2S/c1-3-5-11-18(4-2)15(19)13-6-8-14(9-7-13)20-16-17-10-12-21-16/h6-10,12H,3-5,11H2,1-2H3. The summed E-state index contributed by atoms with van der Waals surface area (Å²) in [6, 6.07) is 7.23. The number of rotatable bonds is 7. The predicted molar refractivity (Wildman–Crippen MR) is 85.1 cm³/mol. The minimum absolute atomic E-state index is 0.0757. The number of nitrogens with zero attached hydrogens (tertiary/aromatic N) is 2. The number of benzene rings is 1. The summed E-state index contributed by atoms with van der Waals surface area (Å²) in [4.78, 5) is 18.3. The summed E-state index contributed by atoms with van der Waals surface area (Å²) in [6.45, 7) is 5.68. The first-order chi connectivity index (χ1) is 10.2. The van der Waals surface area contributed by atoms with Crippen molar-refractivity contribution in [2.24, 2.45) is 0 Å². The van der Waals surface area contributed by atoms with E-state index in [0.29, 0.717) is 16.5 Å². The lowest BCUT2D eigenvalue weighted by molar-refractivity contribution is 0.0762. The summed E-state index contributed by atoms with van der Waals surface area (Å²) in [6.07, 6.45) is 3.82. The molecule has 0 aliphatic carbocycles. The zero-order valence-electron chi connectivity index (χ0n) is 12.4. The Morgan fingerprint density at radius 3 is 2.62 bits per heavy atom. The van der Waals surface area contributed by atoms with Crippen molar-refractivity contribution < 1.29 is 9.53 Å². The van der Waals surface area contributed by atoms with Gasteiger partial charge in [-0.2, -0.15) is 0 Å². The van der Waals surface area contributed by atoms with Crippen molar-refractivity contribution in [3.63, 3.8) is 0 Å². The van der Waals surface area contributed by atoms with Crippen molar-refractivity contribution >= 4 is 17.2 Å². The molecule has 1 heterocycles. The zero-order chi connectivity index (χ0) is 15.1. The molecule has 0 aliphatic rings. The summed E-state index contributed by atoms with van der Waals surface area (Å²) < 4.78 is 5.59. The van der Waals surface area contributed by atoms with Gasteiger partial charge in [0.25, 0.3) is 11.1 Å². The molecule has 2 rings (SSSR count). The van der Waals surface area contributed by atoms with Crippen molar-refractivity contribution in [2.45, 2.75) is 26.7 Å². The lowest BCUT2D eigenvalue weighted by Gasteiger charge is -2.20. The smallest absolute Gasteiger partial charge is 0.278 e. The van der Waals surface area contributed by atoms with Crippen molar-refractivity contribution in [1.82, 2.24) is 9.88 Å². The minimum atomic E-state index is 0.0757. The van der Waals surface area contributed by atoms with Crippen LogP contribution in [0.3, 0.4) is 0 Å². The van der Waals surface area contributed by atoms with Crippen LogP contribution in [0.5, 0.6) is 10.9 Å². The summed E-state index contributed by atoms with van der Waals surface area (Å²) in [5.74, 6) is 0.768. The van der Waals surface area contributed by atoms with Gasteiger partial charge in [-0.25, -0.2) is 4.98 Å². The van der Waals surface area contributed by atoms with Crippen LogP contribution in [0, 0.1) is 0 Å². The van der Waals surface area contributed by atoms with Crippen LogP contribution in [0.15, 0.2) is 35.8 Å². The van der Waals surface area contributed by atoms with Crippen molar-refractivity contribution in [3.8, 4) is 10.9 Å². The predicted octanol–water partition coefficient (Wildman–Crippen LogP) is 4.20. The van der Waals surface area contributed by atoms with Gasteiger partial charge in [0.1, 0.15) is 5.75 Å². The van der Waals surface area contributed by atoms with Gasteiger partial charge in [-0.05, 0) is 37.6 Å². The number of amides is 1. The molecule has 2 aromatic rings. The van der Waals surface area contributed by atoms with Gasteiger partial charge < -0.3 is 9.64 Å². The first kappa shape index (κ1) is 15.5. The number of thiazole rings is 1. The minimum Gasteiger partial charge on any atom is -0.431 e. The molecule has 0 atom stereocenters. The van der Waals surface area contributed by atoms with E-state index in [0.717, 1.165) is 25.9 Å². The van der Waals surface area contributed by atoms with E-state index in [2.05, 4.69) is 11.9 Å². The highest BCUT2D eigenvalue weighted by atomic mass is 32.1. The van der Waals surface area contributed by atoms with E-state index >= 15 is 0 Å². The fourth-order valence-electron chi connectivity index (χ4n) is 1.96. The summed E-state index contributed by atoms with van der Waals surface area (Å²) in [5.41, 5.74) is 0.694. The molecule has 4 nitrogen and oxygen atoms in total. The molecule has 1 aromatic heterocycles. The molecule has 1 aromatic carbocycles. The Kier molecular flexibility index (Phi) is 5.75. The van der Waals surface area contributed by atoms with E-state index in [1.165, 1.54) is 11.3 Å². The van der Waals surface area contributed by atoms with E-state index in [1.807, 2.05) is 29.3 Å². The van der Waals surface area contributed by atoms with E-state index in [1.54, 1.807) is 18.3 Å². The Hall–Kier alpha value is -1.88. The summed E-state index contributed by atoms with van der Waals surface area (Å²) in [5, 5.41) is 2.47. The number of hydrogen-bond donors (Lipinski definition) is 0. The Balaban J connectivity index is 2.01. The zero-order valence-corrected chi connectivity index (χ0v) is 13.2. The molecule has 1 amide bonds. The molecule has 0 radical (unpaired) electrons. The molecule has 0 bridgehead atoms. The molecule has 0 saturated carbocycles. The van der Waals surface area contributed by atoms with Gasteiger partial charge >= 0.3 is 0 Å². The second-order valence-electron chi connectivity index (χ2n) is 4.66. The topological polar surface area (TPSA) is 42.4 Å². The van der Waals surface area contributed by atoms with Gasteiger partial charge in [-0.1, -0.05) is 24.7 Å². The van der Waals surface area contributed by atoms with Crippen LogP contribution in [0.2, 0.25) is 0 Å². The fourth-order valence-corrected chi connectivity index (χ4v) is 2.47. The number of ether oxygens (including phenoxy) is 1. The van der Waals surface area contributed by atoms with Gasteiger partial charge in [0.15, 0.2) is 0 Å². The Morgan fingerprint density at radius 2 is 2.05 bits per heavy atom. The summed E-state index contributed by atoms with van der Waals surface area (Å²) in [7, 11) is 0. The van der Waals surface area contributed by atoms with E-state index in [-0.39, 0.29) is 5.91 Å². The Labute approximate surface area is 129 Å². The SMILES string of the molecule is CCCCN(CC)C(=O)c1ccc(Oc2nccs2)cc1. The molecule has 0 aliphatic heterocycles. The van der Waals surface area contributed by atoms with Crippen LogP contribution in [0.25, 0.3) is 0 Å². The normalized spacial score (nSPS) is 10.4. The van der Waals surface area contributed by atoms with Crippen LogP contribution in [-0.4, -0.2) is 28.9 Å². The first-order valence-electron chi connectivity index (χ1n) is 7.21. The van der Waals surface area contributed by atoms with E-state index in [9.17, 15) is 4.79 Å². The monoisotopic (exact) mass is 304 g/mol. The number of carbonyl (C=O) groups excluding carboxylic acids is 1. The van der Waals surface area contributed by atoms with Crippen LogP contribution >= 0.6 is 11.3 Å². The Morgan fingerprint density at radius 1 is 1.29 bits per heavy atom. The average molecular weight is 304 g/mol. The van der Waals surface area contributed by atoms with Crippen LogP contribution < -0.4 is 4.74 Å². The largest absolute Gasteiger partial charge is 0.431 e.